The summed E-state index contributed by atoms with van der Waals surface area (Å²) in [6, 6.07) is 10.9. The average molecular weight is 371 g/mol. The molecule has 1 unspecified atom stereocenters. The largest absolute Gasteiger partial charge is 0.481 e. The lowest BCUT2D eigenvalue weighted by Crippen LogP contribution is -2.36. The zero-order chi connectivity index (χ0) is 18.5. The van der Waals surface area contributed by atoms with Crippen molar-refractivity contribution in [3.63, 3.8) is 0 Å². The van der Waals surface area contributed by atoms with E-state index in [4.69, 9.17) is 16.3 Å². The van der Waals surface area contributed by atoms with E-state index in [1.165, 1.54) is 0 Å². The first kappa shape index (κ1) is 17.9. The number of nitrogens with zero attached hydrogens (tertiary/aromatic N) is 3. The molecular formula is C19H19ClN4O2. The number of hydrogen-bond acceptors (Lipinski definition) is 4. The van der Waals surface area contributed by atoms with Gasteiger partial charge in [0.15, 0.2) is 11.9 Å². The Bertz CT molecular complexity index is 896. The van der Waals surface area contributed by atoms with Crippen molar-refractivity contribution >= 4 is 17.5 Å². The number of carbonyl (C=O) groups is 1. The Morgan fingerprint density at radius 2 is 2.15 bits per heavy atom. The van der Waals surface area contributed by atoms with E-state index in [-0.39, 0.29) is 5.91 Å². The van der Waals surface area contributed by atoms with Crippen molar-refractivity contribution in [2.75, 3.05) is 0 Å². The van der Waals surface area contributed by atoms with Crippen LogP contribution in [0.2, 0.25) is 5.02 Å². The summed E-state index contributed by atoms with van der Waals surface area (Å²) in [6.07, 6.45) is 4.54. The Morgan fingerprint density at radius 1 is 1.31 bits per heavy atom. The summed E-state index contributed by atoms with van der Waals surface area (Å²) in [6.45, 7) is 3.92. The Morgan fingerprint density at radius 3 is 2.88 bits per heavy atom. The third kappa shape index (κ3) is 4.21. The van der Waals surface area contributed by atoms with Crippen LogP contribution in [0.25, 0.3) is 5.82 Å². The molecule has 0 spiro atoms. The molecule has 3 rings (SSSR count). The van der Waals surface area contributed by atoms with Crippen LogP contribution in [0.5, 0.6) is 5.75 Å². The van der Waals surface area contributed by atoms with Gasteiger partial charge in [0.05, 0.1) is 0 Å². The fraction of sp³-hybridized carbons (Fsp3) is 0.211. The second-order valence-corrected chi connectivity index (χ2v) is 6.23. The van der Waals surface area contributed by atoms with E-state index in [0.717, 1.165) is 11.1 Å². The van der Waals surface area contributed by atoms with Crippen LogP contribution >= 0.6 is 11.6 Å². The zero-order valence-corrected chi connectivity index (χ0v) is 15.3. The number of rotatable bonds is 6. The third-order valence-corrected chi connectivity index (χ3v) is 4.28. The van der Waals surface area contributed by atoms with Crippen LogP contribution in [0.15, 0.2) is 55.0 Å². The summed E-state index contributed by atoms with van der Waals surface area (Å²) in [4.78, 5) is 16.7. The van der Waals surface area contributed by atoms with Crippen LogP contribution in [0.1, 0.15) is 18.1 Å². The molecule has 0 aliphatic carbocycles. The summed E-state index contributed by atoms with van der Waals surface area (Å²) in [5.41, 5.74) is 1.76. The molecule has 2 heterocycles. The maximum absolute atomic E-state index is 12.4. The van der Waals surface area contributed by atoms with E-state index in [2.05, 4.69) is 15.4 Å². The van der Waals surface area contributed by atoms with Gasteiger partial charge in [-0.1, -0.05) is 17.7 Å². The number of halogens is 1. The van der Waals surface area contributed by atoms with Crippen LogP contribution in [0, 0.1) is 6.92 Å². The maximum atomic E-state index is 12.4. The predicted octanol–water partition coefficient (Wildman–Crippen LogP) is 3.31. The molecule has 6 nitrogen and oxygen atoms in total. The highest BCUT2D eigenvalue weighted by Gasteiger charge is 2.16. The quantitative estimate of drug-likeness (QED) is 0.722. The lowest BCUT2D eigenvalue weighted by Gasteiger charge is -2.16. The number of carbonyl (C=O) groups excluding carboxylic acids is 1. The normalized spacial score (nSPS) is 11.8. The molecule has 3 aromatic rings. The number of hydrogen-bond donors (Lipinski definition) is 1. The van der Waals surface area contributed by atoms with Gasteiger partial charge in [0.25, 0.3) is 5.91 Å². The van der Waals surface area contributed by atoms with Gasteiger partial charge in [-0.25, -0.2) is 9.67 Å². The van der Waals surface area contributed by atoms with Gasteiger partial charge in [-0.15, -0.1) is 0 Å². The number of pyridine rings is 1. The lowest BCUT2D eigenvalue weighted by molar-refractivity contribution is -0.127. The smallest absolute Gasteiger partial charge is 0.261 e. The number of nitrogens with one attached hydrogen (secondary N) is 1. The van der Waals surface area contributed by atoms with Crippen molar-refractivity contribution in [2.45, 2.75) is 26.5 Å². The molecule has 0 aliphatic rings. The van der Waals surface area contributed by atoms with E-state index in [1.807, 2.05) is 37.4 Å². The van der Waals surface area contributed by atoms with Gasteiger partial charge in [-0.05, 0) is 49.7 Å². The van der Waals surface area contributed by atoms with Crippen molar-refractivity contribution < 1.29 is 9.53 Å². The standard InChI is InChI=1S/C19H19ClN4O2/c1-13-11-16(6-7-17(13)20)26-14(2)19(25)22-12-15-5-3-8-21-18(15)24-10-4-9-23-24/h3-11,14H,12H2,1-2H3,(H,22,25). The molecule has 2 aromatic heterocycles. The Kier molecular flexibility index (Phi) is 5.53. The summed E-state index contributed by atoms with van der Waals surface area (Å²) < 4.78 is 7.36. The van der Waals surface area contributed by atoms with Crippen LogP contribution < -0.4 is 10.1 Å². The Labute approximate surface area is 156 Å². The number of benzene rings is 1. The minimum Gasteiger partial charge on any atom is -0.481 e. The number of ether oxygens (including phenoxy) is 1. The molecule has 0 aliphatic heterocycles. The van der Waals surface area contributed by atoms with Gasteiger partial charge in [0.1, 0.15) is 5.75 Å². The van der Waals surface area contributed by atoms with Crippen molar-refractivity contribution in [3.05, 3.63) is 71.1 Å². The fourth-order valence-corrected chi connectivity index (χ4v) is 2.56. The van der Waals surface area contributed by atoms with Crippen LogP contribution in [0.4, 0.5) is 0 Å². The average Bonchev–Trinajstić information content (AvgIpc) is 3.17. The van der Waals surface area contributed by atoms with Gasteiger partial charge in [-0.2, -0.15) is 5.10 Å². The molecule has 1 aromatic carbocycles. The molecule has 0 bridgehead atoms. The van der Waals surface area contributed by atoms with E-state index >= 15 is 0 Å². The maximum Gasteiger partial charge on any atom is 0.261 e. The van der Waals surface area contributed by atoms with Gasteiger partial charge >= 0.3 is 0 Å². The zero-order valence-electron chi connectivity index (χ0n) is 14.5. The molecule has 1 amide bonds. The number of amides is 1. The van der Waals surface area contributed by atoms with Crippen molar-refractivity contribution in [2.24, 2.45) is 0 Å². The summed E-state index contributed by atoms with van der Waals surface area (Å²) >= 11 is 6.01. The first-order chi connectivity index (χ1) is 12.5. The summed E-state index contributed by atoms with van der Waals surface area (Å²) in [5, 5.41) is 7.73. The fourth-order valence-electron chi connectivity index (χ4n) is 2.44. The van der Waals surface area contributed by atoms with Crippen molar-refractivity contribution in [1.29, 1.82) is 0 Å². The van der Waals surface area contributed by atoms with Gasteiger partial charge in [-0.3, -0.25) is 4.79 Å². The minimum atomic E-state index is -0.639. The second kappa shape index (κ2) is 8.01. The van der Waals surface area contributed by atoms with Crippen LogP contribution in [0.3, 0.4) is 0 Å². The molecule has 7 heteroatoms. The highest BCUT2D eigenvalue weighted by atomic mass is 35.5. The van der Waals surface area contributed by atoms with E-state index < -0.39 is 6.10 Å². The molecule has 0 saturated carbocycles. The molecule has 0 fully saturated rings. The molecule has 26 heavy (non-hydrogen) atoms. The van der Waals surface area contributed by atoms with Gasteiger partial charge in [0.2, 0.25) is 0 Å². The summed E-state index contributed by atoms with van der Waals surface area (Å²) in [7, 11) is 0. The monoisotopic (exact) mass is 370 g/mol. The highest BCUT2D eigenvalue weighted by Crippen LogP contribution is 2.22. The van der Waals surface area contributed by atoms with Crippen molar-refractivity contribution in [1.82, 2.24) is 20.1 Å². The lowest BCUT2D eigenvalue weighted by atomic mass is 10.2. The van der Waals surface area contributed by atoms with E-state index in [0.29, 0.717) is 23.1 Å². The highest BCUT2D eigenvalue weighted by molar-refractivity contribution is 6.31. The van der Waals surface area contributed by atoms with Gasteiger partial charge in [0, 0.05) is 35.7 Å². The molecule has 0 radical (unpaired) electrons. The molecular weight excluding hydrogens is 352 g/mol. The first-order valence-electron chi connectivity index (χ1n) is 8.19. The predicted molar refractivity (Wildman–Crippen MR) is 99.5 cm³/mol. The molecule has 134 valence electrons. The topological polar surface area (TPSA) is 69.0 Å². The SMILES string of the molecule is Cc1cc(OC(C)C(=O)NCc2cccnc2-n2cccn2)ccc1Cl. The Balaban J connectivity index is 1.63. The van der Waals surface area contributed by atoms with E-state index in [1.54, 1.807) is 36.1 Å². The first-order valence-corrected chi connectivity index (χ1v) is 8.57. The van der Waals surface area contributed by atoms with Gasteiger partial charge < -0.3 is 10.1 Å². The molecule has 1 N–H and O–H groups in total. The van der Waals surface area contributed by atoms with Crippen molar-refractivity contribution in [3.8, 4) is 11.6 Å². The number of aromatic nitrogens is 3. The number of aryl methyl sites for hydroxylation is 1. The van der Waals surface area contributed by atoms with Crippen LogP contribution in [-0.4, -0.2) is 26.8 Å². The van der Waals surface area contributed by atoms with E-state index in [9.17, 15) is 4.79 Å². The molecule has 1 atom stereocenters. The van der Waals surface area contributed by atoms with Crippen LogP contribution in [-0.2, 0) is 11.3 Å². The minimum absolute atomic E-state index is 0.215. The third-order valence-electron chi connectivity index (χ3n) is 3.85. The summed E-state index contributed by atoms with van der Waals surface area (Å²) in [5.74, 6) is 1.07. The Hall–Kier alpha value is -2.86. The molecule has 0 saturated heterocycles. The second-order valence-electron chi connectivity index (χ2n) is 5.83.